The largest absolute Gasteiger partial charge is 0.455 e. The number of benzene rings is 8. The first-order valence-corrected chi connectivity index (χ1v) is 16.9. The van der Waals surface area contributed by atoms with Gasteiger partial charge in [-0.15, -0.1) is 0 Å². The van der Waals surface area contributed by atoms with Crippen LogP contribution in [0, 0.1) is 0 Å². The minimum Gasteiger partial charge on any atom is -0.455 e. The van der Waals surface area contributed by atoms with E-state index in [0.29, 0.717) is 0 Å². The lowest BCUT2D eigenvalue weighted by atomic mass is 9.70. The average molecular weight is 624 g/mol. The number of furan rings is 1. The van der Waals surface area contributed by atoms with Gasteiger partial charge in [0.05, 0.1) is 11.1 Å². The normalized spacial score (nSPS) is 13.5. The van der Waals surface area contributed by atoms with Crippen LogP contribution in [-0.4, -0.2) is 0 Å². The molecule has 0 atom stereocenters. The van der Waals surface area contributed by atoms with Crippen LogP contribution in [0.3, 0.4) is 0 Å². The first-order chi connectivity index (χ1) is 24.3. The van der Waals surface area contributed by atoms with Crippen LogP contribution in [0.1, 0.15) is 22.3 Å². The SMILES string of the molecule is c1ccc(N(c2ccc3oc4c5ccccc5ccc4c3c2)c2cccc3c2C2(c4ccccc4-c4ccccc42)c2ccccc2-3)cc1. The van der Waals surface area contributed by atoms with Crippen molar-refractivity contribution in [3.8, 4) is 22.3 Å². The fourth-order valence-electron chi connectivity index (χ4n) is 8.96. The third-order valence-electron chi connectivity index (χ3n) is 10.8. The number of anilines is 3. The molecule has 0 amide bonds. The van der Waals surface area contributed by atoms with E-state index in [-0.39, 0.29) is 0 Å². The molecule has 2 nitrogen and oxygen atoms in total. The lowest BCUT2D eigenvalue weighted by Crippen LogP contribution is -2.28. The number of rotatable bonds is 3. The summed E-state index contributed by atoms with van der Waals surface area (Å²) in [6.45, 7) is 0. The number of para-hydroxylation sites is 1. The molecule has 11 rings (SSSR count). The van der Waals surface area contributed by atoms with Gasteiger partial charge in [0.2, 0.25) is 0 Å². The number of nitrogens with zero attached hydrogens (tertiary/aromatic N) is 1. The Kier molecular flexibility index (Phi) is 5.34. The van der Waals surface area contributed by atoms with Crippen molar-refractivity contribution in [2.24, 2.45) is 0 Å². The second kappa shape index (κ2) is 9.82. The third kappa shape index (κ3) is 3.45. The Bertz CT molecular complexity index is 2730. The fraction of sp³-hybridized carbons (Fsp3) is 0.0213. The van der Waals surface area contributed by atoms with E-state index < -0.39 is 5.41 Å². The summed E-state index contributed by atoms with van der Waals surface area (Å²) in [5, 5.41) is 4.56. The van der Waals surface area contributed by atoms with Gasteiger partial charge in [0.15, 0.2) is 0 Å². The number of hydrogen-bond acceptors (Lipinski definition) is 2. The van der Waals surface area contributed by atoms with Crippen molar-refractivity contribution in [2.45, 2.75) is 5.41 Å². The topological polar surface area (TPSA) is 16.4 Å². The molecular formula is C47H29NO. The van der Waals surface area contributed by atoms with Gasteiger partial charge in [-0.3, -0.25) is 0 Å². The molecule has 9 aromatic rings. The van der Waals surface area contributed by atoms with Crippen LogP contribution in [0.25, 0.3) is 55.0 Å². The van der Waals surface area contributed by atoms with Crippen molar-refractivity contribution in [3.05, 3.63) is 198 Å². The molecule has 0 unspecified atom stereocenters. The van der Waals surface area contributed by atoms with Crippen LogP contribution < -0.4 is 4.90 Å². The van der Waals surface area contributed by atoms with Crippen LogP contribution in [0.15, 0.2) is 180 Å². The highest BCUT2D eigenvalue weighted by Crippen LogP contribution is 2.65. The maximum atomic E-state index is 6.56. The van der Waals surface area contributed by atoms with Gasteiger partial charge >= 0.3 is 0 Å². The Morgan fingerprint density at radius 3 is 1.76 bits per heavy atom. The molecule has 1 aromatic heterocycles. The minimum atomic E-state index is -0.464. The molecule has 0 saturated heterocycles. The summed E-state index contributed by atoms with van der Waals surface area (Å²) >= 11 is 0. The zero-order chi connectivity index (χ0) is 32.1. The summed E-state index contributed by atoms with van der Waals surface area (Å²) < 4.78 is 6.56. The monoisotopic (exact) mass is 623 g/mol. The molecule has 0 aliphatic heterocycles. The van der Waals surface area contributed by atoms with E-state index in [1.54, 1.807) is 0 Å². The summed E-state index contributed by atoms with van der Waals surface area (Å²) in [4.78, 5) is 2.45. The van der Waals surface area contributed by atoms with Gasteiger partial charge in [0.25, 0.3) is 0 Å². The molecule has 0 bridgehead atoms. The van der Waals surface area contributed by atoms with Crippen LogP contribution in [0.2, 0.25) is 0 Å². The van der Waals surface area contributed by atoms with Crippen molar-refractivity contribution in [1.82, 2.24) is 0 Å². The molecule has 1 heterocycles. The van der Waals surface area contributed by atoms with E-state index in [1.807, 2.05) is 0 Å². The molecule has 2 aliphatic rings. The molecule has 2 heteroatoms. The van der Waals surface area contributed by atoms with Crippen LogP contribution in [0.5, 0.6) is 0 Å². The standard InChI is InChI=1S/C47H29NO/c1-2-14-31(15-3-1)48(32-26-28-44-39(29-32)38-27-25-30-13-4-5-16-33(30)46(38)49-44)43-24-12-20-37-36-19-8-11-23-42(36)47(45(37)43)40-21-9-6-17-34(40)35-18-7-10-22-41(35)47/h1-29H. The zero-order valence-corrected chi connectivity index (χ0v) is 26.6. The van der Waals surface area contributed by atoms with Gasteiger partial charge in [-0.25, -0.2) is 0 Å². The van der Waals surface area contributed by atoms with E-state index in [4.69, 9.17) is 4.42 Å². The summed E-state index contributed by atoms with van der Waals surface area (Å²) in [6.07, 6.45) is 0. The number of fused-ring (bicyclic) bond motifs is 15. The highest BCUT2D eigenvalue weighted by Gasteiger charge is 2.53. The Morgan fingerprint density at radius 2 is 1.02 bits per heavy atom. The molecule has 0 saturated carbocycles. The second-order valence-corrected chi connectivity index (χ2v) is 13.2. The molecule has 1 spiro atoms. The molecule has 2 aliphatic carbocycles. The summed E-state index contributed by atoms with van der Waals surface area (Å²) in [5.41, 5.74) is 15.3. The maximum absolute atomic E-state index is 6.56. The summed E-state index contributed by atoms with van der Waals surface area (Å²) in [7, 11) is 0. The van der Waals surface area contributed by atoms with E-state index in [0.717, 1.165) is 38.7 Å². The van der Waals surface area contributed by atoms with Crippen molar-refractivity contribution >= 4 is 49.8 Å². The maximum Gasteiger partial charge on any atom is 0.143 e. The van der Waals surface area contributed by atoms with Crippen molar-refractivity contribution in [3.63, 3.8) is 0 Å². The lowest BCUT2D eigenvalue weighted by molar-refractivity contribution is 0.672. The summed E-state index contributed by atoms with van der Waals surface area (Å²) in [5.74, 6) is 0. The van der Waals surface area contributed by atoms with Gasteiger partial charge in [0, 0.05) is 33.1 Å². The number of hydrogen-bond donors (Lipinski definition) is 0. The van der Waals surface area contributed by atoms with E-state index in [2.05, 4.69) is 181 Å². The molecule has 49 heavy (non-hydrogen) atoms. The predicted molar refractivity (Wildman–Crippen MR) is 202 cm³/mol. The smallest absolute Gasteiger partial charge is 0.143 e. The molecule has 228 valence electrons. The van der Waals surface area contributed by atoms with Gasteiger partial charge < -0.3 is 9.32 Å². The molecular weight excluding hydrogens is 595 g/mol. The highest BCUT2D eigenvalue weighted by atomic mass is 16.3. The minimum absolute atomic E-state index is 0.464. The highest BCUT2D eigenvalue weighted by molar-refractivity contribution is 6.15. The Hall–Kier alpha value is -6.38. The first-order valence-electron chi connectivity index (χ1n) is 16.9. The van der Waals surface area contributed by atoms with Gasteiger partial charge in [-0.2, -0.15) is 0 Å². The van der Waals surface area contributed by atoms with Crippen LogP contribution in [-0.2, 0) is 5.41 Å². The van der Waals surface area contributed by atoms with Crippen LogP contribution >= 0.6 is 0 Å². The summed E-state index contributed by atoms with van der Waals surface area (Å²) in [6, 6.07) is 64.2. The zero-order valence-electron chi connectivity index (χ0n) is 26.6. The van der Waals surface area contributed by atoms with Crippen molar-refractivity contribution < 1.29 is 4.42 Å². The van der Waals surface area contributed by atoms with E-state index in [1.165, 1.54) is 55.6 Å². The Balaban J connectivity index is 1.24. The average Bonchev–Trinajstić information content (AvgIpc) is 3.80. The fourth-order valence-corrected chi connectivity index (χ4v) is 8.96. The molecule has 8 aromatic carbocycles. The Morgan fingerprint density at radius 1 is 0.408 bits per heavy atom. The van der Waals surface area contributed by atoms with Gasteiger partial charge in [-0.1, -0.05) is 133 Å². The van der Waals surface area contributed by atoms with Crippen molar-refractivity contribution in [2.75, 3.05) is 4.90 Å². The molecule has 0 fully saturated rings. The Labute approximate surface area is 284 Å². The molecule has 0 N–H and O–H groups in total. The quantitative estimate of drug-likeness (QED) is 0.195. The van der Waals surface area contributed by atoms with Crippen LogP contribution in [0.4, 0.5) is 17.1 Å². The van der Waals surface area contributed by atoms with Gasteiger partial charge in [-0.05, 0) is 86.8 Å². The first kappa shape index (κ1) is 26.7. The third-order valence-corrected chi connectivity index (χ3v) is 10.8. The van der Waals surface area contributed by atoms with Gasteiger partial charge in [0.1, 0.15) is 11.2 Å². The lowest BCUT2D eigenvalue weighted by Gasteiger charge is -2.35. The molecule has 0 radical (unpaired) electrons. The van der Waals surface area contributed by atoms with E-state index >= 15 is 0 Å². The predicted octanol–water partition coefficient (Wildman–Crippen LogP) is 12.6. The van der Waals surface area contributed by atoms with Crippen molar-refractivity contribution in [1.29, 1.82) is 0 Å². The van der Waals surface area contributed by atoms with E-state index in [9.17, 15) is 0 Å². The second-order valence-electron chi connectivity index (χ2n) is 13.2.